The molecule has 6 heteroatoms. The van der Waals surface area contributed by atoms with Gasteiger partial charge in [-0.2, -0.15) is 4.98 Å². The van der Waals surface area contributed by atoms with E-state index in [2.05, 4.69) is 10.1 Å². The first-order valence-corrected chi connectivity index (χ1v) is 8.15. The van der Waals surface area contributed by atoms with Crippen LogP contribution in [0.5, 0.6) is 11.5 Å². The summed E-state index contributed by atoms with van der Waals surface area (Å²) < 4.78 is 18.3. The molecule has 0 aliphatic heterocycles. The summed E-state index contributed by atoms with van der Waals surface area (Å²) in [5.74, 6) is 2.22. The zero-order valence-corrected chi connectivity index (χ0v) is 14.2. The zero-order valence-electron chi connectivity index (χ0n) is 14.2. The summed E-state index contributed by atoms with van der Waals surface area (Å²) in [4.78, 5) is 4.39. The van der Waals surface area contributed by atoms with Crippen molar-refractivity contribution < 1.29 is 14.0 Å². The minimum atomic E-state index is 0.175. The highest BCUT2D eigenvalue weighted by Gasteiger charge is 2.11. The van der Waals surface area contributed by atoms with E-state index in [4.69, 9.17) is 14.0 Å². The molecular weight excluding hydrogens is 330 g/mol. The SMILES string of the molecule is COc1ccccc1OCc1nc(-c2ccc(-n3cccc3)cc2)no1. The molecule has 6 nitrogen and oxygen atoms in total. The van der Waals surface area contributed by atoms with Gasteiger partial charge < -0.3 is 18.6 Å². The first-order chi connectivity index (χ1) is 12.8. The van der Waals surface area contributed by atoms with Gasteiger partial charge in [-0.05, 0) is 48.5 Å². The normalized spacial score (nSPS) is 10.7. The van der Waals surface area contributed by atoms with Crippen molar-refractivity contribution in [1.82, 2.24) is 14.7 Å². The minimum Gasteiger partial charge on any atom is -0.493 e. The van der Waals surface area contributed by atoms with Gasteiger partial charge in [-0.3, -0.25) is 0 Å². The van der Waals surface area contributed by atoms with Crippen molar-refractivity contribution in [3.8, 4) is 28.6 Å². The number of aromatic nitrogens is 3. The number of hydrogen-bond donors (Lipinski definition) is 0. The highest BCUT2D eigenvalue weighted by Crippen LogP contribution is 2.26. The molecule has 0 radical (unpaired) electrons. The van der Waals surface area contributed by atoms with E-state index < -0.39 is 0 Å². The first kappa shape index (κ1) is 16.0. The van der Waals surface area contributed by atoms with Crippen molar-refractivity contribution >= 4 is 0 Å². The van der Waals surface area contributed by atoms with Crippen molar-refractivity contribution in [3.05, 3.63) is 78.9 Å². The second-order valence-electron chi connectivity index (χ2n) is 5.59. The Morgan fingerprint density at radius 1 is 0.923 bits per heavy atom. The van der Waals surface area contributed by atoms with Crippen molar-refractivity contribution in [3.63, 3.8) is 0 Å². The number of hydrogen-bond acceptors (Lipinski definition) is 5. The number of nitrogens with zero attached hydrogens (tertiary/aromatic N) is 3. The zero-order chi connectivity index (χ0) is 17.8. The molecule has 0 saturated heterocycles. The maximum atomic E-state index is 5.71. The molecule has 26 heavy (non-hydrogen) atoms. The summed E-state index contributed by atoms with van der Waals surface area (Å²) in [6.45, 7) is 0.175. The van der Waals surface area contributed by atoms with E-state index in [1.54, 1.807) is 7.11 Å². The molecular formula is C20H17N3O3. The fourth-order valence-electron chi connectivity index (χ4n) is 2.60. The van der Waals surface area contributed by atoms with Gasteiger partial charge in [-0.25, -0.2) is 0 Å². The van der Waals surface area contributed by atoms with Crippen LogP contribution >= 0.6 is 0 Å². The highest BCUT2D eigenvalue weighted by atomic mass is 16.5. The van der Waals surface area contributed by atoms with Crippen LogP contribution in [0, 0.1) is 0 Å². The molecule has 2 aromatic heterocycles. The van der Waals surface area contributed by atoms with E-state index in [1.807, 2.05) is 77.6 Å². The van der Waals surface area contributed by atoms with Crippen LogP contribution in [0.15, 0.2) is 77.6 Å². The van der Waals surface area contributed by atoms with Gasteiger partial charge in [-0.15, -0.1) is 0 Å². The fraction of sp³-hybridized carbons (Fsp3) is 0.100. The predicted molar refractivity (Wildman–Crippen MR) is 96.4 cm³/mol. The molecule has 0 saturated carbocycles. The standard InChI is InChI=1S/C20H17N3O3/c1-24-17-6-2-3-7-18(17)25-14-19-21-20(22-26-19)15-8-10-16(11-9-15)23-12-4-5-13-23/h2-13H,14H2,1H3. The molecule has 4 rings (SSSR count). The number of methoxy groups -OCH3 is 1. The Morgan fingerprint density at radius 3 is 2.38 bits per heavy atom. The lowest BCUT2D eigenvalue weighted by Gasteiger charge is -2.07. The van der Waals surface area contributed by atoms with Crippen LogP contribution in [0.25, 0.3) is 17.1 Å². The van der Waals surface area contributed by atoms with Gasteiger partial charge in [0.2, 0.25) is 5.82 Å². The monoisotopic (exact) mass is 347 g/mol. The lowest BCUT2D eigenvalue weighted by Crippen LogP contribution is -1.97. The van der Waals surface area contributed by atoms with Crippen LogP contribution in [-0.2, 0) is 6.61 Å². The van der Waals surface area contributed by atoms with Gasteiger partial charge in [0.15, 0.2) is 18.1 Å². The maximum Gasteiger partial charge on any atom is 0.264 e. The van der Waals surface area contributed by atoms with Crippen LogP contribution in [0.4, 0.5) is 0 Å². The molecule has 4 aromatic rings. The Morgan fingerprint density at radius 2 is 1.65 bits per heavy atom. The number of ether oxygens (including phenoxy) is 2. The molecule has 0 atom stereocenters. The molecule has 0 bridgehead atoms. The number of para-hydroxylation sites is 2. The van der Waals surface area contributed by atoms with Crippen LogP contribution in [0.3, 0.4) is 0 Å². The number of rotatable bonds is 6. The summed E-state index contributed by atoms with van der Waals surface area (Å²) in [6, 6.07) is 19.3. The molecule has 2 aromatic carbocycles. The Balaban J connectivity index is 1.46. The quantitative estimate of drug-likeness (QED) is 0.525. The molecule has 2 heterocycles. The molecule has 0 unspecified atom stereocenters. The van der Waals surface area contributed by atoms with Gasteiger partial charge in [0.05, 0.1) is 7.11 Å². The lowest BCUT2D eigenvalue weighted by molar-refractivity contribution is 0.233. The van der Waals surface area contributed by atoms with Gasteiger partial charge in [0.25, 0.3) is 5.89 Å². The van der Waals surface area contributed by atoms with Gasteiger partial charge in [0, 0.05) is 23.6 Å². The maximum absolute atomic E-state index is 5.71. The minimum absolute atomic E-state index is 0.175. The lowest BCUT2D eigenvalue weighted by atomic mass is 10.2. The molecule has 0 aliphatic carbocycles. The van der Waals surface area contributed by atoms with E-state index in [9.17, 15) is 0 Å². The molecule has 0 fully saturated rings. The van der Waals surface area contributed by atoms with E-state index >= 15 is 0 Å². The average Bonchev–Trinajstić information content (AvgIpc) is 3.39. The van der Waals surface area contributed by atoms with Gasteiger partial charge in [0.1, 0.15) is 0 Å². The third kappa shape index (κ3) is 3.30. The third-order valence-electron chi connectivity index (χ3n) is 3.92. The van der Waals surface area contributed by atoms with Crippen LogP contribution < -0.4 is 9.47 Å². The Hall–Kier alpha value is -3.54. The van der Waals surface area contributed by atoms with Crippen molar-refractivity contribution in [2.24, 2.45) is 0 Å². The summed E-state index contributed by atoms with van der Waals surface area (Å²) >= 11 is 0. The second kappa shape index (κ2) is 7.14. The Kier molecular flexibility index (Phi) is 4.38. The number of benzene rings is 2. The highest BCUT2D eigenvalue weighted by molar-refractivity contribution is 5.56. The first-order valence-electron chi connectivity index (χ1n) is 8.15. The predicted octanol–water partition coefficient (Wildman–Crippen LogP) is 4.11. The van der Waals surface area contributed by atoms with Crippen LogP contribution in [-0.4, -0.2) is 21.8 Å². The van der Waals surface area contributed by atoms with Gasteiger partial charge >= 0.3 is 0 Å². The fourth-order valence-corrected chi connectivity index (χ4v) is 2.60. The Bertz CT molecular complexity index is 976. The summed E-state index contributed by atoms with van der Waals surface area (Å²) in [6.07, 6.45) is 3.99. The van der Waals surface area contributed by atoms with Crippen molar-refractivity contribution in [1.29, 1.82) is 0 Å². The van der Waals surface area contributed by atoms with Crippen LogP contribution in [0.1, 0.15) is 5.89 Å². The average molecular weight is 347 g/mol. The van der Waals surface area contributed by atoms with E-state index in [0.29, 0.717) is 23.2 Å². The van der Waals surface area contributed by atoms with E-state index in [0.717, 1.165) is 11.3 Å². The second-order valence-corrected chi connectivity index (χ2v) is 5.59. The molecule has 130 valence electrons. The Labute approximate surface area is 150 Å². The largest absolute Gasteiger partial charge is 0.493 e. The van der Waals surface area contributed by atoms with E-state index in [1.165, 1.54) is 0 Å². The van der Waals surface area contributed by atoms with Crippen molar-refractivity contribution in [2.75, 3.05) is 7.11 Å². The molecule has 0 aliphatic rings. The topological polar surface area (TPSA) is 62.3 Å². The summed E-state index contributed by atoms with van der Waals surface area (Å²) in [5.41, 5.74) is 1.95. The summed E-state index contributed by atoms with van der Waals surface area (Å²) in [5, 5.41) is 4.03. The van der Waals surface area contributed by atoms with E-state index in [-0.39, 0.29) is 6.61 Å². The smallest absolute Gasteiger partial charge is 0.264 e. The van der Waals surface area contributed by atoms with Crippen molar-refractivity contribution in [2.45, 2.75) is 6.61 Å². The van der Waals surface area contributed by atoms with Gasteiger partial charge in [-0.1, -0.05) is 17.3 Å². The molecule has 0 amide bonds. The summed E-state index contributed by atoms with van der Waals surface area (Å²) in [7, 11) is 1.60. The van der Waals surface area contributed by atoms with Crippen LogP contribution in [0.2, 0.25) is 0 Å². The molecule has 0 spiro atoms. The third-order valence-corrected chi connectivity index (χ3v) is 3.92. The molecule has 0 N–H and O–H groups in total.